The van der Waals surface area contributed by atoms with Crippen molar-refractivity contribution in [3.05, 3.63) is 0 Å². The maximum Gasteiger partial charge on any atom is 0.0590 e. The smallest absolute Gasteiger partial charge is 0.0590 e. The molecular formula is C14H32N2O. The molecular weight excluding hydrogens is 212 g/mol. The molecule has 0 aromatic rings. The summed E-state index contributed by atoms with van der Waals surface area (Å²) in [6.07, 6.45) is 4.79. The lowest BCUT2D eigenvalue weighted by molar-refractivity contribution is 0.0242. The van der Waals surface area contributed by atoms with Crippen LogP contribution in [-0.2, 0) is 4.74 Å². The zero-order valence-electron chi connectivity index (χ0n) is 12.5. The molecule has 0 saturated heterocycles. The highest BCUT2D eigenvalue weighted by Gasteiger charge is 2.34. The molecule has 3 nitrogen and oxygen atoms in total. The number of nitrogens with zero attached hydrogens (tertiary/aromatic N) is 1. The van der Waals surface area contributed by atoms with E-state index in [-0.39, 0.29) is 5.54 Å². The van der Waals surface area contributed by atoms with Gasteiger partial charge in [0.1, 0.15) is 0 Å². The van der Waals surface area contributed by atoms with Crippen molar-refractivity contribution in [3.8, 4) is 0 Å². The normalized spacial score (nSPS) is 15.5. The van der Waals surface area contributed by atoms with Crippen molar-refractivity contribution in [2.45, 2.75) is 65.0 Å². The van der Waals surface area contributed by atoms with E-state index in [1.54, 1.807) is 7.11 Å². The summed E-state index contributed by atoms with van der Waals surface area (Å²) in [6, 6.07) is 0.519. The molecule has 0 aromatic heterocycles. The molecule has 0 fully saturated rings. The molecule has 0 saturated carbocycles. The molecule has 0 bridgehead atoms. The van der Waals surface area contributed by atoms with Gasteiger partial charge in [0.25, 0.3) is 0 Å². The average molecular weight is 244 g/mol. The van der Waals surface area contributed by atoms with Crippen LogP contribution in [0, 0.1) is 0 Å². The van der Waals surface area contributed by atoms with Crippen LogP contribution in [0.5, 0.6) is 0 Å². The van der Waals surface area contributed by atoms with Gasteiger partial charge in [-0.15, -0.1) is 0 Å². The third kappa shape index (κ3) is 4.94. The summed E-state index contributed by atoms with van der Waals surface area (Å²) < 4.78 is 5.23. The minimum absolute atomic E-state index is 0.155. The van der Waals surface area contributed by atoms with Gasteiger partial charge in [-0.3, -0.25) is 4.90 Å². The van der Waals surface area contributed by atoms with Crippen molar-refractivity contribution >= 4 is 0 Å². The monoisotopic (exact) mass is 244 g/mol. The van der Waals surface area contributed by atoms with Crippen LogP contribution in [0.2, 0.25) is 0 Å². The maximum absolute atomic E-state index is 6.09. The number of ether oxygens (including phenoxy) is 1. The van der Waals surface area contributed by atoms with E-state index >= 15 is 0 Å². The summed E-state index contributed by atoms with van der Waals surface area (Å²) in [4.78, 5) is 2.53. The largest absolute Gasteiger partial charge is 0.383 e. The van der Waals surface area contributed by atoms with Crippen molar-refractivity contribution < 1.29 is 4.74 Å². The molecule has 0 aliphatic carbocycles. The molecule has 17 heavy (non-hydrogen) atoms. The molecule has 0 spiro atoms. The van der Waals surface area contributed by atoms with Gasteiger partial charge in [-0.05, 0) is 26.7 Å². The van der Waals surface area contributed by atoms with E-state index in [0.29, 0.717) is 6.04 Å². The van der Waals surface area contributed by atoms with Crippen molar-refractivity contribution in [1.82, 2.24) is 4.90 Å². The zero-order valence-corrected chi connectivity index (χ0v) is 12.5. The van der Waals surface area contributed by atoms with Crippen LogP contribution in [-0.4, -0.2) is 43.3 Å². The highest BCUT2D eigenvalue weighted by molar-refractivity contribution is 4.92. The van der Waals surface area contributed by atoms with Crippen molar-refractivity contribution in [2.24, 2.45) is 5.73 Å². The van der Waals surface area contributed by atoms with E-state index < -0.39 is 0 Å². The molecule has 104 valence electrons. The van der Waals surface area contributed by atoms with Crippen LogP contribution in [0.3, 0.4) is 0 Å². The maximum atomic E-state index is 6.09. The van der Waals surface area contributed by atoms with E-state index in [1.165, 1.54) is 19.3 Å². The Balaban J connectivity index is 4.78. The third-order valence-corrected chi connectivity index (χ3v) is 3.80. The topological polar surface area (TPSA) is 38.5 Å². The number of rotatable bonds is 10. The standard InChI is InChI=1S/C14H32N2O/c1-6-8-9-14(7-2,12-15)16(13(3)4)10-11-17-5/h13H,6-12,15H2,1-5H3. The van der Waals surface area contributed by atoms with E-state index in [1.807, 2.05) is 0 Å². The molecule has 1 atom stereocenters. The fourth-order valence-corrected chi connectivity index (χ4v) is 2.63. The highest BCUT2D eigenvalue weighted by atomic mass is 16.5. The lowest BCUT2D eigenvalue weighted by Crippen LogP contribution is -2.57. The van der Waals surface area contributed by atoms with E-state index in [9.17, 15) is 0 Å². The summed E-state index contributed by atoms with van der Waals surface area (Å²) in [5.41, 5.74) is 6.24. The molecule has 0 radical (unpaired) electrons. The molecule has 3 heteroatoms. The Morgan fingerprint density at radius 2 is 1.94 bits per heavy atom. The number of nitrogens with two attached hydrogens (primary N) is 1. The first-order chi connectivity index (χ1) is 8.07. The lowest BCUT2D eigenvalue weighted by Gasteiger charge is -2.45. The molecule has 0 heterocycles. The Labute approximate surface area is 108 Å². The SMILES string of the molecule is CCCCC(CC)(CN)N(CCOC)C(C)C. The van der Waals surface area contributed by atoms with Gasteiger partial charge in [-0.25, -0.2) is 0 Å². The first-order valence-electron chi connectivity index (χ1n) is 7.03. The Morgan fingerprint density at radius 3 is 2.29 bits per heavy atom. The first-order valence-corrected chi connectivity index (χ1v) is 7.03. The van der Waals surface area contributed by atoms with Crippen LogP contribution in [0.1, 0.15) is 53.4 Å². The molecule has 0 aromatic carbocycles. The van der Waals surface area contributed by atoms with Crippen LogP contribution in [0.4, 0.5) is 0 Å². The van der Waals surface area contributed by atoms with Gasteiger partial charge in [0.15, 0.2) is 0 Å². The highest BCUT2D eigenvalue weighted by Crippen LogP contribution is 2.27. The minimum Gasteiger partial charge on any atom is -0.383 e. The second-order valence-electron chi connectivity index (χ2n) is 5.17. The van der Waals surface area contributed by atoms with Crippen molar-refractivity contribution in [1.29, 1.82) is 0 Å². The molecule has 0 amide bonds. The van der Waals surface area contributed by atoms with E-state index in [2.05, 4.69) is 32.6 Å². The lowest BCUT2D eigenvalue weighted by atomic mass is 9.86. The van der Waals surface area contributed by atoms with E-state index in [0.717, 1.165) is 26.1 Å². The molecule has 0 aliphatic rings. The van der Waals surface area contributed by atoms with Gasteiger partial charge in [-0.2, -0.15) is 0 Å². The summed E-state index contributed by atoms with van der Waals surface area (Å²) in [5, 5.41) is 0. The average Bonchev–Trinajstić information content (AvgIpc) is 2.33. The van der Waals surface area contributed by atoms with Crippen LogP contribution in [0.25, 0.3) is 0 Å². The summed E-state index contributed by atoms with van der Waals surface area (Å²) in [6.45, 7) is 11.5. The molecule has 0 aliphatic heterocycles. The van der Waals surface area contributed by atoms with Crippen LogP contribution in [0.15, 0.2) is 0 Å². The van der Waals surface area contributed by atoms with E-state index in [4.69, 9.17) is 10.5 Å². The number of hydrogen-bond donors (Lipinski definition) is 1. The zero-order chi connectivity index (χ0) is 13.3. The van der Waals surface area contributed by atoms with Crippen molar-refractivity contribution in [3.63, 3.8) is 0 Å². The second-order valence-corrected chi connectivity index (χ2v) is 5.17. The Morgan fingerprint density at radius 1 is 1.29 bits per heavy atom. The fraction of sp³-hybridized carbons (Fsp3) is 1.00. The predicted molar refractivity (Wildman–Crippen MR) is 75.3 cm³/mol. The van der Waals surface area contributed by atoms with Gasteiger partial charge in [-0.1, -0.05) is 26.7 Å². The third-order valence-electron chi connectivity index (χ3n) is 3.80. The Bertz CT molecular complexity index is 179. The quantitative estimate of drug-likeness (QED) is 0.642. The first kappa shape index (κ1) is 16.9. The van der Waals surface area contributed by atoms with Crippen molar-refractivity contribution in [2.75, 3.05) is 26.8 Å². The second kappa shape index (κ2) is 8.90. The molecule has 0 rings (SSSR count). The fourth-order valence-electron chi connectivity index (χ4n) is 2.63. The predicted octanol–water partition coefficient (Wildman–Crippen LogP) is 2.64. The van der Waals surface area contributed by atoms with Gasteiger partial charge < -0.3 is 10.5 Å². The van der Waals surface area contributed by atoms with Gasteiger partial charge in [0.05, 0.1) is 6.61 Å². The van der Waals surface area contributed by atoms with Crippen LogP contribution < -0.4 is 5.73 Å². The van der Waals surface area contributed by atoms with Crippen LogP contribution >= 0.6 is 0 Å². The number of methoxy groups -OCH3 is 1. The minimum atomic E-state index is 0.155. The summed E-state index contributed by atoms with van der Waals surface area (Å²) in [7, 11) is 1.76. The number of unbranched alkanes of at least 4 members (excludes halogenated alkanes) is 1. The van der Waals surface area contributed by atoms with Gasteiger partial charge in [0, 0.05) is 31.8 Å². The number of hydrogen-bond acceptors (Lipinski definition) is 3. The van der Waals surface area contributed by atoms with Gasteiger partial charge >= 0.3 is 0 Å². The Kier molecular flexibility index (Phi) is 8.83. The Hall–Kier alpha value is -0.120. The summed E-state index contributed by atoms with van der Waals surface area (Å²) in [5.74, 6) is 0. The summed E-state index contributed by atoms with van der Waals surface area (Å²) >= 11 is 0. The molecule has 2 N–H and O–H groups in total. The van der Waals surface area contributed by atoms with Gasteiger partial charge in [0.2, 0.25) is 0 Å². The molecule has 1 unspecified atom stereocenters.